The molecule has 0 amide bonds. The van der Waals surface area contributed by atoms with Crippen molar-refractivity contribution in [3.05, 3.63) is 58.9 Å². The third kappa shape index (κ3) is 3.11. The van der Waals surface area contributed by atoms with Crippen LogP contribution in [-0.4, -0.2) is 29.8 Å². The molecule has 136 valence electrons. The Balaban J connectivity index is 1.76. The summed E-state index contributed by atoms with van der Waals surface area (Å²) in [6.45, 7) is 1.13. The highest BCUT2D eigenvalue weighted by atomic mass is 32.2. The molecule has 1 aliphatic heterocycles. The maximum atomic E-state index is 13.0. The monoisotopic (exact) mass is 388 g/mol. The van der Waals surface area contributed by atoms with Crippen LogP contribution in [0.5, 0.6) is 0 Å². The van der Waals surface area contributed by atoms with Gasteiger partial charge in [-0.25, -0.2) is 12.4 Å². The molecule has 1 fully saturated rings. The smallest absolute Gasteiger partial charge is 0.267 e. The van der Waals surface area contributed by atoms with Gasteiger partial charge in [0.2, 0.25) is 10.0 Å². The number of rotatable bonds is 3. The SMILES string of the molecule is O=c1c2ccccc2sn1-c1cccc(S(=O)(=O)N2CCCCCC2)c1. The fourth-order valence-electron chi connectivity index (χ4n) is 3.34. The molecule has 7 heteroatoms. The molecule has 0 unspecified atom stereocenters. The molecular formula is C19H20N2O3S2. The van der Waals surface area contributed by atoms with Gasteiger partial charge >= 0.3 is 0 Å². The van der Waals surface area contributed by atoms with E-state index in [0.717, 1.165) is 30.4 Å². The van der Waals surface area contributed by atoms with E-state index in [-0.39, 0.29) is 10.5 Å². The summed E-state index contributed by atoms with van der Waals surface area (Å²) in [5, 5.41) is 0.651. The van der Waals surface area contributed by atoms with Crippen LogP contribution >= 0.6 is 11.5 Å². The number of hydrogen-bond acceptors (Lipinski definition) is 4. The van der Waals surface area contributed by atoms with Crippen LogP contribution in [0.4, 0.5) is 0 Å². The number of benzene rings is 2. The van der Waals surface area contributed by atoms with Gasteiger partial charge < -0.3 is 0 Å². The molecule has 1 saturated heterocycles. The van der Waals surface area contributed by atoms with Crippen LogP contribution in [-0.2, 0) is 10.0 Å². The first-order valence-electron chi connectivity index (χ1n) is 8.79. The predicted octanol–water partition coefficient (Wildman–Crippen LogP) is 3.62. The maximum Gasteiger partial charge on any atom is 0.273 e. The van der Waals surface area contributed by atoms with Crippen molar-refractivity contribution in [3.63, 3.8) is 0 Å². The molecule has 1 aliphatic rings. The Morgan fingerprint density at radius 1 is 0.885 bits per heavy atom. The van der Waals surface area contributed by atoms with Crippen LogP contribution in [0.25, 0.3) is 15.8 Å². The minimum Gasteiger partial charge on any atom is -0.267 e. The van der Waals surface area contributed by atoms with Crippen LogP contribution in [0.2, 0.25) is 0 Å². The van der Waals surface area contributed by atoms with Gasteiger partial charge in [0.05, 0.1) is 20.7 Å². The molecule has 0 N–H and O–H groups in total. The van der Waals surface area contributed by atoms with E-state index in [1.807, 2.05) is 18.2 Å². The van der Waals surface area contributed by atoms with Crippen LogP contribution in [0, 0.1) is 0 Å². The van der Waals surface area contributed by atoms with Crippen molar-refractivity contribution in [1.29, 1.82) is 0 Å². The molecule has 2 aromatic carbocycles. The Hall–Kier alpha value is -1.96. The molecule has 0 bridgehead atoms. The second-order valence-corrected chi connectivity index (χ2v) is 9.43. The summed E-state index contributed by atoms with van der Waals surface area (Å²) in [5.74, 6) is 0. The van der Waals surface area contributed by atoms with Crippen molar-refractivity contribution in [2.75, 3.05) is 13.1 Å². The van der Waals surface area contributed by atoms with Gasteiger partial charge in [-0.05, 0) is 43.2 Å². The molecule has 4 rings (SSSR count). The quantitative estimate of drug-likeness (QED) is 0.689. The first-order valence-corrected chi connectivity index (χ1v) is 11.0. The molecule has 26 heavy (non-hydrogen) atoms. The Labute approximate surface area is 156 Å². The van der Waals surface area contributed by atoms with Gasteiger partial charge in [-0.15, -0.1) is 0 Å². The van der Waals surface area contributed by atoms with Gasteiger partial charge in [-0.2, -0.15) is 4.31 Å². The van der Waals surface area contributed by atoms with Gasteiger partial charge in [0, 0.05) is 13.1 Å². The standard InChI is InChI=1S/C19H20N2O3S2/c22-19-17-10-3-4-11-18(17)25-21(19)15-8-7-9-16(14-15)26(23,24)20-12-5-1-2-6-13-20/h3-4,7-11,14H,1-2,5-6,12-13H2. The zero-order chi connectivity index (χ0) is 18.1. The largest absolute Gasteiger partial charge is 0.273 e. The van der Waals surface area contributed by atoms with Gasteiger partial charge in [0.25, 0.3) is 5.56 Å². The Bertz CT molecular complexity index is 1090. The lowest BCUT2D eigenvalue weighted by atomic mass is 10.2. The number of aromatic nitrogens is 1. The number of hydrogen-bond donors (Lipinski definition) is 0. The van der Waals surface area contributed by atoms with Crippen LogP contribution in [0.1, 0.15) is 25.7 Å². The van der Waals surface area contributed by atoms with Gasteiger partial charge in [-0.1, -0.05) is 42.6 Å². The second-order valence-electron chi connectivity index (χ2n) is 6.50. The molecule has 2 heterocycles. The molecule has 0 spiro atoms. The van der Waals surface area contributed by atoms with E-state index < -0.39 is 10.0 Å². The van der Waals surface area contributed by atoms with E-state index in [9.17, 15) is 13.2 Å². The predicted molar refractivity (Wildman–Crippen MR) is 105 cm³/mol. The molecule has 5 nitrogen and oxygen atoms in total. The Morgan fingerprint density at radius 2 is 1.62 bits per heavy atom. The third-order valence-corrected chi connectivity index (χ3v) is 7.75. The van der Waals surface area contributed by atoms with Crippen LogP contribution in [0.15, 0.2) is 58.2 Å². The lowest BCUT2D eigenvalue weighted by Gasteiger charge is -2.20. The van der Waals surface area contributed by atoms with Gasteiger partial charge in [-0.3, -0.25) is 4.79 Å². The zero-order valence-corrected chi connectivity index (χ0v) is 15.9. The van der Waals surface area contributed by atoms with E-state index in [1.54, 1.807) is 38.6 Å². The average molecular weight is 389 g/mol. The molecule has 0 aliphatic carbocycles. The van der Waals surface area contributed by atoms with Crippen molar-refractivity contribution in [2.45, 2.75) is 30.6 Å². The Kier molecular flexibility index (Phi) is 4.69. The molecule has 0 atom stereocenters. The summed E-state index contributed by atoms with van der Waals surface area (Å²) in [6.07, 6.45) is 3.94. The number of fused-ring (bicyclic) bond motifs is 1. The highest BCUT2D eigenvalue weighted by Crippen LogP contribution is 2.24. The van der Waals surface area contributed by atoms with E-state index in [2.05, 4.69) is 0 Å². The van der Waals surface area contributed by atoms with E-state index >= 15 is 0 Å². The summed E-state index contributed by atoms with van der Waals surface area (Å²) in [5.41, 5.74) is 0.474. The minimum atomic E-state index is -3.54. The minimum absolute atomic E-state index is 0.116. The van der Waals surface area contributed by atoms with E-state index in [4.69, 9.17) is 0 Å². The normalized spacial score (nSPS) is 16.6. The maximum absolute atomic E-state index is 13.0. The van der Waals surface area contributed by atoms with Crippen molar-refractivity contribution in [3.8, 4) is 5.69 Å². The van der Waals surface area contributed by atoms with Gasteiger partial charge in [0.15, 0.2) is 0 Å². The highest BCUT2D eigenvalue weighted by molar-refractivity contribution is 7.89. The summed E-state index contributed by atoms with van der Waals surface area (Å²) in [7, 11) is -3.54. The van der Waals surface area contributed by atoms with Crippen LogP contribution < -0.4 is 5.56 Å². The van der Waals surface area contributed by atoms with Crippen molar-refractivity contribution in [1.82, 2.24) is 8.26 Å². The topological polar surface area (TPSA) is 59.4 Å². The molecular weight excluding hydrogens is 368 g/mol. The highest BCUT2D eigenvalue weighted by Gasteiger charge is 2.25. The Morgan fingerprint density at radius 3 is 2.35 bits per heavy atom. The summed E-state index contributed by atoms with van der Waals surface area (Å²) in [4.78, 5) is 12.9. The molecule has 0 radical (unpaired) electrons. The molecule has 3 aromatic rings. The van der Waals surface area contributed by atoms with Crippen molar-refractivity contribution < 1.29 is 8.42 Å². The number of nitrogens with zero attached hydrogens (tertiary/aromatic N) is 2. The van der Waals surface area contributed by atoms with Gasteiger partial charge in [0.1, 0.15) is 0 Å². The summed E-state index contributed by atoms with van der Waals surface area (Å²) in [6, 6.07) is 14.1. The van der Waals surface area contributed by atoms with Crippen molar-refractivity contribution in [2.24, 2.45) is 0 Å². The fourth-order valence-corrected chi connectivity index (χ4v) is 5.89. The first kappa shape index (κ1) is 17.5. The fraction of sp³-hybridized carbons (Fsp3) is 0.316. The lowest BCUT2D eigenvalue weighted by molar-refractivity contribution is 0.423. The second kappa shape index (κ2) is 6.98. The number of sulfonamides is 1. The lowest BCUT2D eigenvalue weighted by Crippen LogP contribution is -2.32. The first-order chi connectivity index (χ1) is 12.6. The molecule has 1 aromatic heterocycles. The zero-order valence-electron chi connectivity index (χ0n) is 14.3. The molecule has 0 saturated carbocycles. The summed E-state index contributed by atoms with van der Waals surface area (Å²) >= 11 is 1.33. The van der Waals surface area contributed by atoms with Crippen LogP contribution in [0.3, 0.4) is 0 Å². The van der Waals surface area contributed by atoms with Crippen molar-refractivity contribution >= 4 is 31.6 Å². The van der Waals surface area contributed by atoms with E-state index in [0.29, 0.717) is 24.2 Å². The summed E-state index contributed by atoms with van der Waals surface area (Å²) < 4.78 is 30.1. The third-order valence-electron chi connectivity index (χ3n) is 4.75. The average Bonchev–Trinajstić information content (AvgIpc) is 2.84. The van der Waals surface area contributed by atoms with E-state index in [1.165, 1.54) is 11.5 Å².